The van der Waals surface area contributed by atoms with E-state index in [-0.39, 0.29) is 5.82 Å². The molecule has 1 aromatic carbocycles. The highest BCUT2D eigenvalue weighted by atomic mass is 16.5. The van der Waals surface area contributed by atoms with Gasteiger partial charge >= 0.3 is 5.69 Å². The summed E-state index contributed by atoms with van der Waals surface area (Å²) in [6, 6.07) is 7.82. The third-order valence-electron chi connectivity index (χ3n) is 2.38. The molecule has 6 heteroatoms. The summed E-state index contributed by atoms with van der Waals surface area (Å²) >= 11 is 0. The smallest absolute Gasteiger partial charge is 0.356 e. The molecular formula is C12H11N3O3. The van der Waals surface area contributed by atoms with E-state index in [1.165, 1.54) is 19.4 Å². The minimum atomic E-state index is -0.698. The van der Waals surface area contributed by atoms with Crippen LogP contribution in [0.5, 0.6) is 5.75 Å². The van der Waals surface area contributed by atoms with E-state index in [9.17, 15) is 9.59 Å². The molecule has 0 saturated heterocycles. The molecule has 0 aliphatic carbocycles. The highest BCUT2D eigenvalue weighted by Crippen LogP contribution is 2.11. The number of ether oxygens (including phenoxy) is 1. The largest absolute Gasteiger partial charge is 0.497 e. The predicted molar refractivity (Wildman–Crippen MR) is 65.6 cm³/mol. The van der Waals surface area contributed by atoms with Gasteiger partial charge in [0.2, 0.25) is 0 Å². The minimum Gasteiger partial charge on any atom is -0.497 e. The number of anilines is 1. The Bertz CT molecular complexity index is 632. The second-order valence-electron chi connectivity index (χ2n) is 3.54. The van der Waals surface area contributed by atoms with Crippen molar-refractivity contribution in [2.75, 3.05) is 12.8 Å². The first-order valence-corrected chi connectivity index (χ1v) is 5.16. The molecule has 6 nitrogen and oxygen atoms in total. The molecule has 0 saturated carbocycles. The van der Waals surface area contributed by atoms with E-state index in [1.54, 1.807) is 24.3 Å². The molecular weight excluding hydrogens is 234 g/mol. The monoisotopic (exact) mass is 245 g/mol. The van der Waals surface area contributed by atoms with Crippen molar-refractivity contribution < 1.29 is 9.53 Å². The highest BCUT2D eigenvalue weighted by Gasteiger charge is 2.10. The quantitative estimate of drug-likeness (QED) is 0.833. The summed E-state index contributed by atoms with van der Waals surface area (Å²) in [5.41, 5.74) is 5.02. The van der Waals surface area contributed by atoms with Crippen molar-refractivity contribution in [3.63, 3.8) is 0 Å². The molecule has 0 radical (unpaired) electrons. The first-order valence-electron chi connectivity index (χ1n) is 5.16. The van der Waals surface area contributed by atoms with Gasteiger partial charge in [0.15, 0.2) is 0 Å². The Morgan fingerprint density at radius 3 is 2.50 bits per heavy atom. The van der Waals surface area contributed by atoms with E-state index in [1.807, 2.05) is 0 Å². The number of rotatable bonds is 2. The number of nitrogens with two attached hydrogens (primary N) is 1. The molecule has 2 N–H and O–H groups in total. The molecule has 0 fully saturated rings. The fraction of sp³-hybridized carbons (Fsp3) is 0.0833. The van der Waals surface area contributed by atoms with Crippen LogP contribution in [0.4, 0.5) is 5.82 Å². The van der Waals surface area contributed by atoms with Gasteiger partial charge in [-0.05, 0) is 30.3 Å². The first kappa shape index (κ1) is 11.8. The number of nitrogen functional groups attached to an aromatic ring is 1. The molecule has 18 heavy (non-hydrogen) atoms. The van der Waals surface area contributed by atoms with Crippen molar-refractivity contribution in [1.82, 2.24) is 9.55 Å². The lowest BCUT2D eigenvalue weighted by atomic mass is 10.2. The Hall–Kier alpha value is -2.63. The van der Waals surface area contributed by atoms with Crippen LogP contribution in [0.2, 0.25) is 0 Å². The van der Waals surface area contributed by atoms with Crippen LogP contribution in [0, 0.1) is 0 Å². The number of carbonyl (C=O) groups is 1. The van der Waals surface area contributed by atoms with Crippen LogP contribution >= 0.6 is 0 Å². The summed E-state index contributed by atoms with van der Waals surface area (Å²) in [5, 5.41) is 0. The molecule has 2 rings (SSSR count). The molecule has 0 atom stereocenters. The highest BCUT2D eigenvalue weighted by molar-refractivity contribution is 5.95. The second kappa shape index (κ2) is 4.70. The van der Waals surface area contributed by atoms with Crippen molar-refractivity contribution in [2.45, 2.75) is 0 Å². The molecule has 92 valence electrons. The van der Waals surface area contributed by atoms with Gasteiger partial charge < -0.3 is 10.5 Å². The summed E-state index contributed by atoms with van der Waals surface area (Å²) in [5.74, 6) is 0.253. The Morgan fingerprint density at radius 2 is 1.94 bits per heavy atom. The van der Waals surface area contributed by atoms with Crippen molar-refractivity contribution >= 4 is 11.7 Å². The Kier molecular flexibility index (Phi) is 3.09. The van der Waals surface area contributed by atoms with Gasteiger partial charge in [-0.1, -0.05) is 0 Å². The van der Waals surface area contributed by atoms with Gasteiger partial charge in [-0.2, -0.15) is 4.98 Å². The van der Waals surface area contributed by atoms with E-state index >= 15 is 0 Å². The van der Waals surface area contributed by atoms with E-state index < -0.39 is 11.6 Å². The second-order valence-corrected chi connectivity index (χ2v) is 3.54. The van der Waals surface area contributed by atoms with E-state index in [0.717, 1.165) is 4.57 Å². The maximum Gasteiger partial charge on any atom is 0.356 e. The summed E-state index contributed by atoms with van der Waals surface area (Å²) < 4.78 is 5.89. The summed E-state index contributed by atoms with van der Waals surface area (Å²) in [6.07, 6.45) is 1.30. The molecule has 0 aliphatic rings. The maximum absolute atomic E-state index is 12.0. The van der Waals surface area contributed by atoms with E-state index in [0.29, 0.717) is 11.3 Å². The zero-order valence-electron chi connectivity index (χ0n) is 9.66. The number of aromatic nitrogens is 2. The van der Waals surface area contributed by atoms with Gasteiger partial charge in [-0.3, -0.25) is 4.79 Å². The fourth-order valence-electron chi connectivity index (χ4n) is 1.44. The standard InChI is InChI=1S/C12H11N3O3/c1-18-9-4-2-8(3-5-9)11(16)15-7-6-10(13)14-12(15)17/h2-7H,1H3,(H2,13,14,17). The van der Waals surface area contributed by atoms with Crippen LogP contribution in [0.15, 0.2) is 41.3 Å². The fourth-order valence-corrected chi connectivity index (χ4v) is 1.44. The van der Waals surface area contributed by atoms with Crippen LogP contribution in [-0.4, -0.2) is 22.6 Å². The van der Waals surface area contributed by atoms with Gasteiger partial charge in [0.05, 0.1) is 7.11 Å². The number of methoxy groups -OCH3 is 1. The Morgan fingerprint density at radius 1 is 1.28 bits per heavy atom. The molecule has 0 aliphatic heterocycles. The molecule has 1 heterocycles. The zero-order valence-corrected chi connectivity index (χ0v) is 9.66. The van der Waals surface area contributed by atoms with Crippen LogP contribution in [0.1, 0.15) is 10.4 Å². The normalized spacial score (nSPS) is 10.1. The van der Waals surface area contributed by atoms with Gasteiger partial charge in [0.25, 0.3) is 5.91 Å². The van der Waals surface area contributed by atoms with Gasteiger partial charge in [-0.15, -0.1) is 0 Å². The molecule has 0 amide bonds. The zero-order chi connectivity index (χ0) is 13.1. The van der Waals surface area contributed by atoms with Crippen molar-refractivity contribution in [1.29, 1.82) is 0 Å². The number of hydrogen-bond acceptors (Lipinski definition) is 5. The van der Waals surface area contributed by atoms with Crippen molar-refractivity contribution in [2.24, 2.45) is 0 Å². The topological polar surface area (TPSA) is 87.2 Å². The van der Waals surface area contributed by atoms with Crippen LogP contribution in [0.3, 0.4) is 0 Å². The maximum atomic E-state index is 12.0. The lowest BCUT2D eigenvalue weighted by molar-refractivity contribution is 0.0954. The van der Waals surface area contributed by atoms with Crippen LogP contribution < -0.4 is 16.2 Å². The average Bonchev–Trinajstić information content (AvgIpc) is 2.38. The number of benzene rings is 1. The third-order valence-corrected chi connectivity index (χ3v) is 2.38. The van der Waals surface area contributed by atoms with Gasteiger partial charge in [0.1, 0.15) is 11.6 Å². The summed E-state index contributed by atoms with van der Waals surface area (Å²) in [4.78, 5) is 27.0. The SMILES string of the molecule is COc1ccc(C(=O)n2ccc(N)nc2=O)cc1. The van der Waals surface area contributed by atoms with Crippen LogP contribution in [0.25, 0.3) is 0 Å². The molecule has 2 aromatic rings. The number of hydrogen-bond donors (Lipinski definition) is 1. The predicted octanol–water partition coefficient (Wildman–Crippen LogP) is 0.523. The number of carbonyl (C=O) groups excluding carboxylic acids is 1. The lowest BCUT2D eigenvalue weighted by Gasteiger charge is -2.04. The van der Waals surface area contributed by atoms with Crippen molar-refractivity contribution in [3.05, 3.63) is 52.6 Å². The minimum absolute atomic E-state index is 0.0822. The van der Waals surface area contributed by atoms with E-state index in [4.69, 9.17) is 10.5 Å². The Labute approximate surface area is 103 Å². The average molecular weight is 245 g/mol. The molecule has 1 aromatic heterocycles. The summed E-state index contributed by atoms with van der Waals surface area (Å²) in [7, 11) is 1.53. The van der Waals surface area contributed by atoms with Gasteiger partial charge in [-0.25, -0.2) is 9.36 Å². The van der Waals surface area contributed by atoms with Crippen LogP contribution in [-0.2, 0) is 0 Å². The van der Waals surface area contributed by atoms with E-state index in [2.05, 4.69) is 4.98 Å². The number of nitrogens with zero attached hydrogens (tertiary/aromatic N) is 2. The molecule has 0 bridgehead atoms. The van der Waals surface area contributed by atoms with Gasteiger partial charge in [0, 0.05) is 11.8 Å². The first-order chi connectivity index (χ1) is 8.61. The molecule has 0 spiro atoms. The van der Waals surface area contributed by atoms with Crippen molar-refractivity contribution in [3.8, 4) is 5.75 Å². The summed E-state index contributed by atoms with van der Waals surface area (Å²) in [6.45, 7) is 0. The third kappa shape index (κ3) is 2.22. The lowest BCUT2D eigenvalue weighted by Crippen LogP contribution is -2.29. The molecule has 0 unspecified atom stereocenters. The Balaban J connectivity index is 2.38.